The van der Waals surface area contributed by atoms with Crippen molar-refractivity contribution in [2.45, 2.75) is 6.42 Å². The Morgan fingerprint density at radius 2 is 2.23 bits per heavy atom. The average molecular weight is 209 g/mol. The highest BCUT2D eigenvalue weighted by molar-refractivity contribution is 5.85. The molecule has 13 heavy (non-hydrogen) atoms. The van der Waals surface area contributed by atoms with Crippen LogP contribution in [0.15, 0.2) is 0 Å². The second-order valence-electron chi connectivity index (χ2n) is 2.96. The second-order valence-corrected chi connectivity index (χ2v) is 2.96. The molecule has 1 aliphatic heterocycles. The molecule has 0 atom stereocenters. The number of halogens is 1. The van der Waals surface area contributed by atoms with Crippen molar-refractivity contribution < 1.29 is 9.53 Å². The highest BCUT2D eigenvalue weighted by Crippen LogP contribution is 1.94. The van der Waals surface area contributed by atoms with Gasteiger partial charge in [0.2, 0.25) is 0 Å². The molecule has 1 rings (SSSR count). The number of rotatable bonds is 2. The monoisotopic (exact) mass is 208 g/mol. The summed E-state index contributed by atoms with van der Waals surface area (Å²) in [5, 5.41) is 3.27. The lowest BCUT2D eigenvalue weighted by atomic mass is 10.4. The van der Waals surface area contributed by atoms with Gasteiger partial charge < -0.3 is 10.1 Å². The molecule has 0 unspecified atom stereocenters. The van der Waals surface area contributed by atoms with Gasteiger partial charge in [-0.25, -0.2) is 0 Å². The van der Waals surface area contributed by atoms with Crippen LogP contribution in [0.3, 0.4) is 0 Å². The molecule has 0 saturated carbocycles. The van der Waals surface area contributed by atoms with Crippen molar-refractivity contribution in [1.29, 1.82) is 0 Å². The summed E-state index contributed by atoms with van der Waals surface area (Å²) in [6, 6.07) is 0. The zero-order valence-corrected chi connectivity index (χ0v) is 8.73. The van der Waals surface area contributed by atoms with Crippen molar-refractivity contribution in [3.05, 3.63) is 0 Å². The normalized spacial score (nSPS) is 18.5. The smallest absolute Gasteiger partial charge is 0.319 e. The number of carbonyl (C=O) groups is 1. The first-order valence-corrected chi connectivity index (χ1v) is 4.33. The van der Waals surface area contributed by atoms with E-state index in [-0.39, 0.29) is 18.4 Å². The standard InChI is InChI=1S/C8H16N2O2.ClH/c1-12-8(11)7-10-5-2-3-9-4-6-10;/h9H,2-7H2,1H3;1H. The molecule has 0 bridgehead atoms. The van der Waals surface area contributed by atoms with Gasteiger partial charge in [-0.2, -0.15) is 0 Å². The quantitative estimate of drug-likeness (QED) is 0.643. The molecule has 0 aromatic rings. The third kappa shape index (κ3) is 5.08. The Labute approximate surface area is 85.0 Å². The zero-order valence-electron chi connectivity index (χ0n) is 7.91. The van der Waals surface area contributed by atoms with Crippen molar-refractivity contribution in [1.82, 2.24) is 10.2 Å². The molecule has 0 aromatic heterocycles. The van der Waals surface area contributed by atoms with Gasteiger partial charge in [0.25, 0.3) is 0 Å². The number of esters is 1. The lowest BCUT2D eigenvalue weighted by molar-refractivity contribution is -0.141. The number of nitrogens with one attached hydrogen (secondary N) is 1. The summed E-state index contributed by atoms with van der Waals surface area (Å²) in [7, 11) is 1.43. The lowest BCUT2D eigenvalue weighted by Crippen LogP contribution is -2.33. The topological polar surface area (TPSA) is 41.6 Å². The lowest BCUT2D eigenvalue weighted by Gasteiger charge is -2.16. The Morgan fingerprint density at radius 1 is 1.46 bits per heavy atom. The fraction of sp³-hybridized carbons (Fsp3) is 0.875. The van der Waals surface area contributed by atoms with Gasteiger partial charge in [-0.05, 0) is 19.5 Å². The summed E-state index contributed by atoms with van der Waals surface area (Å²) in [4.78, 5) is 13.0. The van der Waals surface area contributed by atoms with E-state index in [1.54, 1.807) is 0 Å². The van der Waals surface area contributed by atoms with E-state index in [2.05, 4.69) is 15.0 Å². The van der Waals surface area contributed by atoms with E-state index in [1.165, 1.54) is 7.11 Å². The number of hydrogen-bond donors (Lipinski definition) is 1. The van der Waals surface area contributed by atoms with Gasteiger partial charge in [0, 0.05) is 13.1 Å². The summed E-state index contributed by atoms with van der Waals surface area (Å²) in [5.74, 6) is -0.142. The molecule has 0 radical (unpaired) electrons. The van der Waals surface area contributed by atoms with Gasteiger partial charge in [0.05, 0.1) is 13.7 Å². The minimum absolute atomic E-state index is 0. The minimum atomic E-state index is -0.142. The molecule has 1 N–H and O–H groups in total. The zero-order chi connectivity index (χ0) is 8.81. The molecule has 1 saturated heterocycles. The third-order valence-corrected chi connectivity index (χ3v) is 2.01. The highest BCUT2D eigenvalue weighted by Gasteiger charge is 2.11. The number of hydrogen-bond acceptors (Lipinski definition) is 4. The molecule has 1 heterocycles. The Balaban J connectivity index is 0.00000144. The first-order valence-electron chi connectivity index (χ1n) is 4.33. The van der Waals surface area contributed by atoms with Gasteiger partial charge >= 0.3 is 5.97 Å². The molecule has 0 aliphatic carbocycles. The Hall–Kier alpha value is -0.320. The van der Waals surface area contributed by atoms with E-state index in [0.29, 0.717) is 6.54 Å². The molecule has 78 valence electrons. The molecule has 4 nitrogen and oxygen atoms in total. The van der Waals surface area contributed by atoms with Gasteiger partial charge in [-0.1, -0.05) is 0 Å². The highest BCUT2D eigenvalue weighted by atomic mass is 35.5. The predicted molar refractivity (Wildman–Crippen MR) is 53.2 cm³/mol. The van der Waals surface area contributed by atoms with E-state index in [1.807, 2.05) is 0 Å². The van der Waals surface area contributed by atoms with Crippen molar-refractivity contribution in [3.63, 3.8) is 0 Å². The van der Waals surface area contributed by atoms with Gasteiger partial charge in [0.1, 0.15) is 0 Å². The summed E-state index contributed by atoms with van der Waals surface area (Å²) in [6.07, 6.45) is 1.11. The van der Waals surface area contributed by atoms with Crippen LogP contribution in [0.5, 0.6) is 0 Å². The SMILES string of the molecule is COC(=O)CN1CCCNCC1.Cl. The van der Waals surface area contributed by atoms with Crippen molar-refractivity contribution in [3.8, 4) is 0 Å². The molecule has 0 spiro atoms. The van der Waals surface area contributed by atoms with Crippen LogP contribution < -0.4 is 5.32 Å². The van der Waals surface area contributed by atoms with E-state index in [9.17, 15) is 4.79 Å². The maximum Gasteiger partial charge on any atom is 0.319 e. The fourth-order valence-electron chi connectivity index (χ4n) is 1.31. The van der Waals surface area contributed by atoms with Crippen molar-refractivity contribution in [2.75, 3.05) is 39.8 Å². The van der Waals surface area contributed by atoms with Crippen LogP contribution in [0.1, 0.15) is 6.42 Å². The maximum absolute atomic E-state index is 10.9. The van der Waals surface area contributed by atoms with Crippen LogP contribution in [-0.4, -0.2) is 50.7 Å². The van der Waals surface area contributed by atoms with Crippen molar-refractivity contribution >= 4 is 18.4 Å². The van der Waals surface area contributed by atoms with Crippen molar-refractivity contribution in [2.24, 2.45) is 0 Å². The number of ether oxygens (including phenoxy) is 1. The predicted octanol–water partition coefficient (Wildman–Crippen LogP) is -0.124. The molecule has 0 amide bonds. The van der Waals surface area contributed by atoms with Crippen LogP contribution in [0.2, 0.25) is 0 Å². The fourth-order valence-corrected chi connectivity index (χ4v) is 1.31. The summed E-state index contributed by atoms with van der Waals surface area (Å²) >= 11 is 0. The van der Waals surface area contributed by atoms with E-state index in [0.717, 1.165) is 32.6 Å². The van der Waals surface area contributed by atoms with Gasteiger partial charge in [0.15, 0.2) is 0 Å². The number of nitrogens with zero attached hydrogens (tertiary/aromatic N) is 1. The molecule has 0 aromatic carbocycles. The van der Waals surface area contributed by atoms with Gasteiger partial charge in [-0.15, -0.1) is 12.4 Å². The van der Waals surface area contributed by atoms with Gasteiger partial charge in [-0.3, -0.25) is 9.69 Å². The van der Waals surface area contributed by atoms with Crippen LogP contribution >= 0.6 is 12.4 Å². The largest absolute Gasteiger partial charge is 0.468 e. The number of carbonyl (C=O) groups excluding carboxylic acids is 1. The van der Waals surface area contributed by atoms with Crippen LogP contribution in [0, 0.1) is 0 Å². The summed E-state index contributed by atoms with van der Waals surface area (Å²) in [5.41, 5.74) is 0. The van der Waals surface area contributed by atoms with E-state index in [4.69, 9.17) is 0 Å². The summed E-state index contributed by atoms with van der Waals surface area (Å²) < 4.78 is 4.59. The molecular weight excluding hydrogens is 192 g/mol. The van der Waals surface area contributed by atoms with Crippen LogP contribution in [-0.2, 0) is 9.53 Å². The Morgan fingerprint density at radius 3 is 2.92 bits per heavy atom. The molecular formula is C8H17ClN2O2. The Kier molecular flexibility index (Phi) is 6.94. The summed E-state index contributed by atoms with van der Waals surface area (Å²) in [6.45, 7) is 4.38. The average Bonchev–Trinajstić information content (AvgIpc) is 2.33. The van der Waals surface area contributed by atoms with E-state index < -0.39 is 0 Å². The third-order valence-electron chi connectivity index (χ3n) is 2.01. The minimum Gasteiger partial charge on any atom is -0.468 e. The maximum atomic E-state index is 10.9. The van der Waals surface area contributed by atoms with E-state index >= 15 is 0 Å². The first kappa shape index (κ1) is 12.7. The van der Waals surface area contributed by atoms with Crippen LogP contribution in [0.25, 0.3) is 0 Å². The second kappa shape index (κ2) is 7.12. The van der Waals surface area contributed by atoms with Crippen LogP contribution in [0.4, 0.5) is 0 Å². The molecule has 1 fully saturated rings. The molecule has 5 heteroatoms. The Bertz CT molecular complexity index is 147. The molecule has 1 aliphatic rings. The first-order chi connectivity index (χ1) is 5.83. The number of methoxy groups -OCH3 is 1.